The summed E-state index contributed by atoms with van der Waals surface area (Å²) in [6.07, 6.45) is 1.64. The molecule has 0 aliphatic heterocycles. The van der Waals surface area contributed by atoms with Gasteiger partial charge in [-0.1, -0.05) is 48.0 Å². The van der Waals surface area contributed by atoms with E-state index in [2.05, 4.69) is 15.8 Å². The molecule has 0 radical (unpaired) electrons. The van der Waals surface area contributed by atoms with Gasteiger partial charge < -0.3 is 14.8 Å². The van der Waals surface area contributed by atoms with E-state index in [0.717, 1.165) is 16.8 Å². The van der Waals surface area contributed by atoms with Gasteiger partial charge in [0.2, 0.25) is 0 Å². The van der Waals surface area contributed by atoms with Crippen LogP contribution in [0.4, 0.5) is 5.69 Å². The van der Waals surface area contributed by atoms with Crippen LogP contribution in [0.2, 0.25) is 5.02 Å². The van der Waals surface area contributed by atoms with E-state index < -0.39 is 0 Å². The standard InChI is InChI=1S/C22H20ClN3O2S/c1-27-20-9-5-6-17(21(20)28-15-16-10-12-18(23)13-11-16)14-24-26-22(29)25-19-7-3-2-4-8-19/h2-14H,15H2,1H3,(H2,25,26,29)/b24-14+. The lowest BCUT2D eigenvalue weighted by molar-refractivity contribution is 0.284. The largest absolute Gasteiger partial charge is 0.493 e. The van der Waals surface area contributed by atoms with E-state index in [1.165, 1.54) is 0 Å². The molecule has 0 aliphatic rings. The Morgan fingerprint density at radius 3 is 2.52 bits per heavy atom. The molecule has 0 unspecified atom stereocenters. The van der Waals surface area contributed by atoms with Gasteiger partial charge in [0.1, 0.15) is 6.61 Å². The molecule has 0 saturated heterocycles. The topological polar surface area (TPSA) is 54.9 Å². The van der Waals surface area contributed by atoms with Crippen molar-refractivity contribution in [2.45, 2.75) is 6.61 Å². The van der Waals surface area contributed by atoms with E-state index in [0.29, 0.717) is 28.2 Å². The average molecular weight is 426 g/mol. The summed E-state index contributed by atoms with van der Waals surface area (Å²) in [6, 6.07) is 22.7. The highest BCUT2D eigenvalue weighted by Crippen LogP contribution is 2.31. The van der Waals surface area contributed by atoms with Gasteiger partial charge in [-0.3, -0.25) is 5.43 Å². The van der Waals surface area contributed by atoms with E-state index >= 15 is 0 Å². The number of thiocarbonyl (C=S) groups is 1. The van der Waals surface area contributed by atoms with Gasteiger partial charge in [-0.15, -0.1) is 0 Å². The summed E-state index contributed by atoms with van der Waals surface area (Å²) in [5.74, 6) is 1.21. The Labute approximate surface area is 180 Å². The van der Waals surface area contributed by atoms with Gasteiger partial charge in [0.25, 0.3) is 0 Å². The number of hydrogen-bond donors (Lipinski definition) is 2. The van der Waals surface area contributed by atoms with Crippen molar-refractivity contribution in [2.75, 3.05) is 12.4 Å². The number of ether oxygens (including phenoxy) is 2. The molecule has 5 nitrogen and oxygen atoms in total. The van der Waals surface area contributed by atoms with Crippen molar-refractivity contribution in [3.8, 4) is 11.5 Å². The molecule has 148 valence electrons. The first-order valence-electron chi connectivity index (χ1n) is 8.85. The number of nitrogens with one attached hydrogen (secondary N) is 2. The number of para-hydroxylation sites is 2. The zero-order chi connectivity index (χ0) is 20.5. The van der Waals surface area contributed by atoms with Gasteiger partial charge in [0.05, 0.1) is 13.3 Å². The molecular formula is C22H20ClN3O2S. The minimum Gasteiger partial charge on any atom is -0.493 e. The number of anilines is 1. The number of benzene rings is 3. The van der Waals surface area contributed by atoms with E-state index in [1.807, 2.05) is 72.8 Å². The van der Waals surface area contributed by atoms with Crippen LogP contribution in [-0.4, -0.2) is 18.4 Å². The second-order valence-corrected chi connectivity index (χ2v) is 6.83. The number of rotatable bonds is 7. The van der Waals surface area contributed by atoms with Crippen LogP contribution < -0.4 is 20.2 Å². The molecule has 3 aromatic carbocycles. The molecule has 0 amide bonds. The minimum atomic E-state index is 0.375. The Balaban J connectivity index is 1.67. The maximum Gasteiger partial charge on any atom is 0.191 e. The van der Waals surface area contributed by atoms with Gasteiger partial charge >= 0.3 is 0 Å². The normalized spacial score (nSPS) is 10.6. The second kappa shape index (κ2) is 10.5. The number of methoxy groups -OCH3 is 1. The van der Waals surface area contributed by atoms with Crippen LogP contribution in [0.3, 0.4) is 0 Å². The summed E-state index contributed by atoms with van der Waals surface area (Å²) in [5, 5.41) is 8.34. The lowest BCUT2D eigenvalue weighted by Gasteiger charge is -2.13. The van der Waals surface area contributed by atoms with E-state index in [-0.39, 0.29) is 0 Å². The number of nitrogens with zero attached hydrogens (tertiary/aromatic N) is 1. The summed E-state index contributed by atoms with van der Waals surface area (Å²) in [7, 11) is 1.60. The molecule has 3 rings (SSSR count). The van der Waals surface area contributed by atoms with Gasteiger partial charge in [0.15, 0.2) is 16.6 Å². The van der Waals surface area contributed by atoms with Gasteiger partial charge in [-0.25, -0.2) is 0 Å². The van der Waals surface area contributed by atoms with Crippen LogP contribution in [0.1, 0.15) is 11.1 Å². The number of halogens is 1. The van der Waals surface area contributed by atoms with Crippen LogP contribution in [-0.2, 0) is 6.61 Å². The van der Waals surface area contributed by atoms with Crippen LogP contribution in [0.15, 0.2) is 77.9 Å². The molecule has 2 N–H and O–H groups in total. The highest BCUT2D eigenvalue weighted by atomic mass is 35.5. The molecule has 3 aromatic rings. The molecule has 0 saturated carbocycles. The number of hydrogen-bond acceptors (Lipinski definition) is 4. The molecule has 0 atom stereocenters. The Kier molecular flexibility index (Phi) is 7.44. The SMILES string of the molecule is COc1cccc(/C=N/NC(=S)Nc2ccccc2)c1OCc1ccc(Cl)cc1. The van der Waals surface area contributed by atoms with Crippen molar-refractivity contribution in [1.82, 2.24) is 5.43 Å². The maximum absolute atomic E-state index is 6.00. The van der Waals surface area contributed by atoms with E-state index in [9.17, 15) is 0 Å². The van der Waals surface area contributed by atoms with Gasteiger partial charge in [-0.05, 0) is 54.2 Å². The van der Waals surface area contributed by atoms with Gasteiger partial charge in [-0.2, -0.15) is 5.10 Å². The van der Waals surface area contributed by atoms with E-state index in [1.54, 1.807) is 13.3 Å². The van der Waals surface area contributed by atoms with Crippen molar-refractivity contribution < 1.29 is 9.47 Å². The fraction of sp³-hybridized carbons (Fsp3) is 0.0909. The summed E-state index contributed by atoms with van der Waals surface area (Å²) >= 11 is 11.2. The summed E-state index contributed by atoms with van der Waals surface area (Å²) in [5.41, 5.74) is 5.44. The fourth-order valence-corrected chi connectivity index (χ4v) is 2.82. The Morgan fingerprint density at radius 2 is 1.79 bits per heavy atom. The maximum atomic E-state index is 6.00. The molecule has 29 heavy (non-hydrogen) atoms. The molecule has 0 spiro atoms. The average Bonchev–Trinajstić information content (AvgIpc) is 2.74. The quantitative estimate of drug-likeness (QED) is 0.307. The van der Waals surface area contributed by atoms with Crippen molar-refractivity contribution >= 4 is 40.8 Å². The summed E-state index contributed by atoms with van der Waals surface area (Å²) < 4.78 is 11.4. The zero-order valence-corrected chi connectivity index (χ0v) is 17.3. The Hall–Kier alpha value is -3.09. The third-order valence-corrected chi connectivity index (χ3v) is 4.37. The smallest absolute Gasteiger partial charge is 0.191 e. The first kappa shape index (κ1) is 20.6. The minimum absolute atomic E-state index is 0.375. The van der Waals surface area contributed by atoms with E-state index in [4.69, 9.17) is 33.3 Å². The molecule has 0 heterocycles. The second-order valence-electron chi connectivity index (χ2n) is 5.98. The first-order chi connectivity index (χ1) is 14.2. The molecule has 0 aromatic heterocycles. The Bertz CT molecular complexity index is 979. The third-order valence-electron chi connectivity index (χ3n) is 3.93. The molecular weight excluding hydrogens is 406 g/mol. The predicted octanol–water partition coefficient (Wildman–Crippen LogP) is 5.25. The van der Waals surface area contributed by atoms with Crippen molar-refractivity contribution in [3.05, 3.63) is 88.9 Å². The summed E-state index contributed by atoms with van der Waals surface area (Å²) in [4.78, 5) is 0. The van der Waals surface area contributed by atoms with Crippen LogP contribution >= 0.6 is 23.8 Å². The van der Waals surface area contributed by atoms with Crippen molar-refractivity contribution in [1.29, 1.82) is 0 Å². The van der Waals surface area contributed by atoms with Crippen molar-refractivity contribution in [3.63, 3.8) is 0 Å². The van der Waals surface area contributed by atoms with Crippen LogP contribution in [0, 0.1) is 0 Å². The van der Waals surface area contributed by atoms with Crippen LogP contribution in [0.5, 0.6) is 11.5 Å². The molecule has 0 fully saturated rings. The lowest BCUT2D eigenvalue weighted by Crippen LogP contribution is -2.23. The van der Waals surface area contributed by atoms with Crippen molar-refractivity contribution in [2.24, 2.45) is 5.10 Å². The first-order valence-corrected chi connectivity index (χ1v) is 9.63. The fourth-order valence-electron chi connectivity index (χ4n) is 2.53. The monoisotopic (exact) mass is 425 g/mol. The molecule has 0 aliphatic carbocycles. The zero-order valence-electron chi connectivity index (χ0n) is 15.8. The number of hydrazone groups is 1. The highest BCUT2D eigenvalue weighted by Gasteiger charge is 2.10. The highest BCUT2D eigenvalue weighted by molar-refractivity contribution is 7.80. The summed E-state index contributed by atoms with van der Waals surface area (Å²) in [6.45, 7) is 0.375. The Morgan fingerprint density at radius 1 is 1.03 bits per heavy atom. The lowest BCUT2D eigenvalue weighted by atomic mass is 10.2. The predicted molar refractivity (Wildman–Crippen MR) is 122 cm³/mol. The van der Waals surface area contributed by atoms with Gasteiger partial charge in [0, 0.05) is 16.3 Å². The molecule has 0 bridgehead atoms. The van der Waals surface area contributed by atoms with Crippen LogP contribution in [0.25, 0.3) is 0 Å². The molecule has 7 heteroatoms. The third kappa shape index (κ3) is 6.20.